The molecule has 0 aromatic heterocycles. The van der Waals surface area contributed by atoms with Crippen LogP contribution in [0.2, 0.25) is 0 Å². The Morgan fingerprint density at radius 2 is 1.35 bits per heavy atom. The Balaban J connectivity index is 1.48. The van der Waals surface area contributed by atoms with E-state index in [2.05, 4.69) is 117 Å². The SMILES string of the molecule is Brc1cccc(-c2ccc(C3N=CN(c4ccccc4)CN3c3ccccc3)cc2)c1. The second-order valence-electron chi connectivity index (χ2n) is 7.52. The normalized spacial score (nSPS) is 15.8. The zero-order chi connectivity index (χ0) is 21.0. The molecule has 152 valence electrons. The minimum atomic E-state index is -0.0704. The molecule has 1 aliphatic heterocycles. The van der Waals surface area contributed by atoms with Crippen LogP contribution in [-0.4, -0.2) is 13.0 Å². The third-order valence-corrected chi connectivity index (χ3v) is 5.98. The molecule has 0 aliphatic carbocycles. The molecule has 1 heterocycles. The van der Waals surface area contributed by atoms with E-state index in [9.17, 15) is 0 Å². The van der Waals surface area contributed by atoms with Crippen LogP contribution in [0.4, 0.5) is 11.4 Å². The summed E-state index contributed by atoms with van der Waals surface area (Å²) in [5, 5.41) is 0. The van der Waals surface area contributed by atoms with Crippen LogP contribution in [0.5, 0.6) is 0 Å². The topological polar surface area (TPSA) is 18.8 Å². The van der Waals surface area contributed by atoms with Crippen molar-refractivity contribution in [2.75, 3.05) is 16.5 Å². The van der Waals surface area contributed by atoms with Gasteiger partial charge in [0.1, 0.15) is 6.17 Å². The summed E-state index contributed by atoms with van der Waals surface area (Å²) < 4.78 is 1.09. The van der Waals surface area contributed by atoms with Crippen molar-refractivity contribution in [3.05, 3.63) is 119 Å². The zero-order valence-electron chi connectivity index (χ0n) is 17.0. The first-order chi connectivity index (χ1) is 15.3. The fourth-order valence-corrected chi connectivity index (χ4v) is 4.29. The van der Waals surface area contributed by atoms with E-state index in [-0.39, 0.29) is 6.17 Å². The summed E-state index contributed by atoms with van der Waals surface area (Å²) in [6, 6.07) is 38.0. The van der Waals surface area contributed by atoms with Crippen LogP contribution in [0.25, 0.3) is 11.1 Å². The second kappa shape index (κ2) is 8.78. The quantitative estimate of drug-likeness (QED) is 0.317. The molecule has 4 heteroatoms. The van der Waals surface area contributed by atoms with Gasteiger partial charge < -0.3 is 9.80 Å². The van der Waals surface area contributed by atoms with Gasteiger partial charge in [-0.3, -0.25) is 0 Å². The van der Waals surface area contributed by atoms with Crippen molar-refractivity contribution in [2.45, 2.75) is 6.17 Å². The van der Waals surface area contributed by atoms with Gasteiger partial charge in [-0.15, -0.1) is 0 Å². The third kappa shape index (κ3) is 4.25. The molecule has 3 nitrogen and oxygen atoms in total. The van der Waals surface area contributed by atoms with Gasteiger partial charge in [0.15, 0.2) is 0 Å². The Morgan fingerprint density at radius 3 is 2.03 bits per heavy atom. The number of para-hydroxylation sites is 2. The zero-order valence-corrected chi connectivity index (χ0v) is 18.6. The number of hydrogen-bond donors (Lipinski definition) is 0. The predicted octanol–water partition coefficient (Wildman–Crippen LogP) is 7.13. The Kier molecular flexibility index (Phi) is 5.55. The van der Waals surface area contributed by atoms with E-state index < -0.39 is 0 Å². The lowest BCUT2D eigenvalue weighted by Crippen LogP contribution is -2.43. The van der Waals surface area contributed by atoms with Crippen molar-refractivity contribution in [3.8, 4) is 11.1 Å². The molecule has 31 heavy (non-hydrogen) atoms. The maximum atomic E-state index is 4.95. The highest BCUT2D eigenvalue weighted by Crippen LogP contribution is 2.33. The lowest BCUT2D eigenvalue weighted by molar-refractivity contribution is 0.631. The van der Waals surface area contributed by atoms with E-state index in [4.69, 9.17) is 4.99 Å². The lowest BCUT2D eigenvalue weighted by Gasteiger charge is -2.39. The minimum absolute atomic E-state index is 0.0704. The molecule has 1 unspecified atom stereocenters. The molecule has 5 rings (SSSR count). The molecule has 0 N–H and O–H groups in total. The van der Waals surface area contributed by atoms with Gasteiger partial charge >= 0.3 is 0 Å². The van der Waals surface area contributed by atoms with E-state index >= 15 is 0 Å². The molecule has 0 amide bonds. The van der Waals surface area contributed by atoms with E-state index in [1.807, 2.05) is 24.5 Å². The van der Waals surface area contributed by atoms with Gasteiger partial charge in [-0.25, -0.2) is 4.99 Å². The van der Waals surface area contributed by atoms with Crippen LogP contribution < -0.4 is 9.80 Å². The fraction of sp³-hybridized carbons (Fsp3) is 0.0741. The molecule has 4 aromatic rings. The van der Waals surface area contributed by atoms with Gasteiger partial charge in [0, 0.05) is 15.8 Å². The first-order valence-corrected chi connectivity index (χ1v) is 11.1. The van der Waals surface area contributed by atoms with E-state index in [0.29, 0.717) is 0 Å². The van der Waals surface area contributed by atoms with Gasteiger partial charge in [-0.05, 0) is 53.1 Å². The molecule has 4 aromatic carbocycles. The first-order valence-electron chi connectivity index (χ1n) is 10.3. The smallest absolute Gasteiger partial charge is 0.150 e. The number of aliphatic imine (C=N–C) groups is 1. The highest BCUT2D eigenvalue weighted by molar-refractivity contribution is 9.10. The van der Waals surface area contributed by atoms with Gasteiger partial charge in [-0.2, -0.15) is 0 Å². The molecule has 0 bridgehead atoms. The number of rotatable bonds is 4. The van der Waals surface area contributed by atoms with Crippen LogP contribution in [0.1, 0.15) is 11.7 Å². The summed E-state index contributed by atoms with van der Waals surface area (Å²) in [7, 11) is 0. The summed E-state index contributed by atoms with van der Waals surface area (Å²) in [5.41, 5.74) is 5.86. The Labute approximate surface area is 191 Å². The van der Waals surface area contributed by atoms with Gasteiger partial charge in [0.05, 0.1) is 13.0 Å². The van der Waals surface area contributed by atoms with Crippen LogP contribution in [0.3, 0.4) is 0 Å². The molecule has 1 atom stereocenters. The van der Waals surface area contributed by atoms with E-state index in [0.717, 1.165) is 22.5 Å². The lowest BCUT2D eigenvalue weighted by atomic mass is 10.0. The van der Waals surface area contributed by atoms with Gasteiger partial charge in [0.25, 0.3) is 0 Å². The summed E-state index contributed by atoms with van der Waals surface area (Å²) in [6.07, 6.45) is 1.89. The molecule has 0 spiro atoms. The molecular weight excluding hydrogens is 446 g/mol. The number of nitrogens with zero attached hydrogens (tertiary/aromatic N) is 3. The molecule has 0 radical (unpaired) electrons. The molecule has 0 saturated heterocycles. The van der Waals surface area contributed by atoms with Crippen molar-refractivity contribution in [2.24, 2.45) is 4.99 Å². The number of hydrogen-bond acceptors (Lipinski definition) is 3. The number of anilines is 2. The summed E-state index contributed by atoms with van der Waals surface area (Å²) in [6.45, 7) is 0.732. The molecule has 1 aliphatic rings. The van der Waals surface area contributed by atoms with Crippen molar-refractivity contribution < 1.29 is 0 Å². The van der Waals surface area contributed by atoms with Crippen molar-refractivity contribution in [1.82, 2.24) is 0 Å². The summed E-state index contributed by atoms with van der Waals surface area (Å²) in [5.74, 6) is 0. The van der Waals surface area contributed by atoms with Crippen molar-refractivity contribution in [1.29, 1.82) is 0 Å². The molecule has 0 saturated carbocycles. The predicted molar refractivity (Wildman–Crippen MR) is 134 cm³/mol. The Hall–Kier alpha value is -3.37. The van der Waals surface area contributed by atoms with Crippen LogP contribution in [0.15, 0.2) is 119 Å². The summed E-state index contributed by atoms with van der Waals surface area (Å²) >= 11 is 3.56. The van der Waals surface area contributed by atoms with Crippen LogP contribution in [-0.2, 0) is 0 Å². The third-order valence-electron chi connectivity index (χ3n) is 5.49. The fourth-order valence-electron chi connectivity index (χ4n) is 3.89. The van der Waals surface area contributed by atoms with E-state index in [1.165, 1.54) is 16.7 Å². The number of halogens is 1. The van der Waals surface area contributed by atoms with Crippen molar-refractivity contribution >= 4 is 33.6 Å². The highest BCUT2D eigenvalue weighted by atomic mass is 79.9. The summed E-state index contributed by atoms with van der Waals surface area (Å²) in [4.78, 5) is 9.47. The maximum Gasteiger partial charge on any atom is 0.150 e. The van der Waals surface area contributed by atoms with Crippen LogP contribution in [0, 0.1) is 0 Å². The average Bonchev–Trinajstić information content (AvgIpc) is 2.85. The minimum Gasteiger partial charge on any atom is -0.328 e. The Bertz CT molecular complexity index is 1170. The standard InChI is InChI=1S/C27H22BrN3/c28-24-9-7-8-23(18-24)21-14-16-22(17-15-21)27-29-19-30(25-10-3-1-4-11-25)20-31(27)26-12-5-2-6-13-26/h1-19,27H,20H2. The highest BCUT2D eigenvalue weighted by Gasteiger charge is 2.26. The second-order valence-corrected chi connectivity index (χ2v) is 8.44. The largest absolute Gasteiger partial charge is 0.328 e. The average molecular weight is 468 g/mol. The van der Waals surface area contributed by atoms with Gasteiger partial charge in [0.2, 0.25) is 0 Å². The molecule has 0 fully saturated rings. The first kappa shape index (κ1) is 19.6. The van der Waals surface area contributed by atoms with Crippen LogP contribution >= 0.6 is 15.9 Å². The number of benzene rings is 4. The van der Waals surface area contributed by atoms with E-state index in [1.54, 1.807) is 0 Å². The monoisotopic (exact) mass is 467 g/mol. The van der Waals surface area contributed by atoms with Crippen molar-refractivity contribution in [3.63, 3.8) is 0 Å². The molecular formula is C27H22BrN3. The maximum absolute atomic E-state index is 4.95. The van der Waals surface area contributed by atoms with Gasteiger partial charge in [-0.1, -0.05) is 88.7 Å². The Morgan fingerprint density at radius 1 is 0.677 bits per heavy atom.